The van der Waals surface area contributed by atoms with Gasteiger partial charge in [-0.2, -0.15) is 0 Å². The lowest BCUT2D eigenvalue weighted by atomic mass is 9.83. The molecule has 1 N–H and O–H groups in total. The molecule has 4 heterocycles. The zero-order valence-electron chi connectivity index (χ0n) is 18.5. The van der Waals surface area contributed by atoms with Gasteiger partial charge in [-0.3, -0.25) is 14.5 Å². The molecule has 174 valence electrons. The van der Waals surface area contributed by atoms with Crippen molar-refractivity contribution in [3.05, 3.63) is 98.8 Å². The number of benzene rings is 2. The Balaban J connectivity index is 0.00000241. The first kappa shape index (κ1) is 22.4. The van der Waals surface area contributed by atoms with E-state index in [1.807, 2.05) is 47.0 Å². The Labute approximate surface area is 202 Å². The first-order chi connectivity index (χ1) is 16.1. The van der Waals surface area contributed by atoms with Gasteiger partial charge in [0.25, 0.3) is 5.56 Å². The van der Waals surface area contributed by atoms with Gasteiger partial charge in [0.05, 0.1) is 16.5 Å². The molecule has 0 spiro atoms. The largest absolute Gasteiger partial charge is 0.507 e. The van der Waals surface area contributed by atoms with E-state index in [0.29, 0.717) is 34.6 Å². The normalized spacial score (nSPS) is 19.4. The second kappa shape index (κ2) is 8.78. The molecule has 0 saturated carbocycles. The van der Waals surface area contributed by atoms with Crippen molar-refractivity contribution in [3.63, 3.8) is 0 Å². The lowest BCUT2D eigenvalue weighted by Crippen LogP contribution is -2.46. The Hall–Kier alpha value is -3.35. The van der Waals surface area contributed by atoms with Crippen molar-refractivity contribution in [2.45, 2.75) is 25.4 Å². The van der Waals surface area contributed by atoms with Crippen LogP contribution in [-0.4, -0.2) is 27.7 Å². The van der Waals surface area contributed by atoms with Crippen LogP contribution >= 0.6 is 12.4 Å². The van der Waals surface area contributed by atoms with Crippen molar-refractivity contribution in [1.29, 1.82) is 0 Å². The van der Waals surface area contributed by atoms with Crippen LogP contribution in [0.25, 0.3) is 22.1 Å². The van der Waals surface area contributed by atoms with E-state index in [9.17, 15) is 14.7 Å². The molecule has 1 saturated heterocycles. The third-order valence-electron chi connectivity index (χ3n) is 7.04. The van der Waals surface area contributed by atoms with Gasteiger partial charge in [0.15, 0.2) is 0 Å². The lowest BCUT2D eigenvalue weighted by molar-refractivity contribution is 0.113. The summed E-state index contributed by atoms with van der Waals surface area (Å²) in [4.78, 5) is 27.8. The molecule has 0 aliphatic carbocycles. The van der Waals surface area contributed by atoms with Crippen molar-refractivity contribution < 1.29 is 9.52 Å². The number of likely N-dealkylation sites (tertiary alicyclic amines) is 1. The highest BCUT2D eigenvalue weighted by Gasteiger charge is 2.35. The van der Waals surface area contributed by atoms with Crippen molar-refractivity contribution in [2.75, 3.05) is 13.1 Å². The third kappa shape index (κ3) is 3.73. The van der Waals surface area contributed by atoms with Gasteiger partial charge in [-0.05, 0) is 36.1 Å². The fraction of sp³-hybridized carbons (Fsp3) is 0.259. The van der Waals surface area contributed by atoms with Crippen LogP contribution in [0, 0.1) is 5.92 Å². The second-order valence-electron chi connectivity index (χ2n) is 9.18. The van der Waals surface area contributed by atoms with Gasteiger partial charge in [0, 0.05) is 43.9 Å². The summed E-state index contributed by atoms with van der Waals surface area (Å²) in [7, 11) is 0. The molecule has 6 rings (SSSR count). The maximum Gasteiger partial charge on any atom is 0.250 e. The Morgan fingerprint density at radius 1 is 0.941 bits per heavy atom. The summed E-state index contributed by atoms with van der Waals surface area (Å²) in [6, 6.07) is 18.2. The van der Waals surface area contributed by atoms with E-state index in [-0.39, 0.29) is 35.1 Å². The minimum absolute atomic E-state index is 0. The van der Waals surface area contributed by atoms with E-state index in [4.69, 9.17) is 4.42 Å². The molecule has 7 heteroatoms. The van der Waals surface area contributed by atoms with Crippen molar-refractivity contribution in [3.8, 4) is 16.9 Å². The van der Waals surface area contributed by atoms with Gasteiger partial charge >= 0.3 is 0 Å². The van der Waals surface area contributed by atoms with Gasteiger partial charge in [0.1, 0.15) is 17.6 Å². The van der Waals surface area contributed by atoms with Crippen LogP contribution in [0.5, 0.6) is 5.75 Å². The average molecular weight is 477 g/mol. The topological polar surface area (TPSA) is 75.7 Å². The Bertz CT molecular complexity index is 1480. The van der Waals surface area contributed by atoms with Gasteiger partial charge in [-0.1, -0.05) is 36.4 Å². The molecule has 2 aliphatic rings. The Kier molecular flexibility index (Phi) is 5.80. The number of pyridine rings is 1. The molecule has 4 aromatic rings. The molecule has 2 unspecified atom stereocenters. The number of piperidine rings is 1. The van der Waals surface area contributed by atoms with Crippen LogP contribution < -0.4 is 11.0 Å². The Morgan fingerprint density at radius 3 is 2.59 bits per heavy atom. The summed E-state index contributed by atoms with van der Waals surface area (Å²) < 4.78 is 7.88. The number of fused-ring (bicyclic) bond motifs is 5. The molecular formula is C27H25ClN2O4. The Morgan fingerprint density at radius 2 is 1.76 bits per heavy atom. The number of nitrogens with zero attached hydrogens (tertiary/aromatic N) is 2. The molecule has 0 radical (unpaired) electrons. The smallest absolute Gasteiger partial charge is 0.250 e. The number of aromatic hydroxyl groups is 1. The third-order valence-corrected chi connectivity index (χ3v) is 7.04. The molecule has 2 bridgehead atoms. The number of phenolic OH excluding ortho intramolecular Hbond substituents is 1. The predicted octanol–water partition coefficient (Wildman–Crippen LogP) is 4.37. The van der Waals surface area contributed by atoms with Crippen LogP contribution in [0.3, 0.4) is 0 Å². The van der Waals surface area contributed by atoms with Gasteiger partial charge in [0.2, 0.25) is 5.43 Å². The van der Waals surface area contributed by atoms with Crippen LogP contribution in [0.15, 0.2) is 80.9 Å². The van der Waals surface area contributed by atoms with E-state index < -0.39 is 0 Å². The standard InChI is InChI=1S/C27H24N2O4.ClH/c30-24-10-9-20-26(32)22(18-5-2-1-3-6-18)16-33-27(20)21(24)15-28-12-17-11-19(14-28)23-7-4-8-25(31)29(23)13-17;/h1-10,16-17,19,30H,11-15H2;1H. The lowest BCUT2D eigenvalue weighted by Gasteiger charge is -2.42. The highest BCUT2D eigenvalue weighted by molar-refractivity contribution is 5.86. The molecule has 2 aromatic heterocycles. The fourth-order valence-corrected chi connectivity index (χ4v) is 5.57. The van der Waals surface area contributed by atoms with Gasteiger partial charge < -0.3 is 14.1 Å². The summed E-state index contributed by atoms with van der Waals surface area (Å²) in [5.74, 6) is 0.788. The summed E-state index contributed by atoms with van der Waals surface area (Å²) in [5, 5.41) is 11.2. The highest BCUT2D eigenvalue weighted by Crippen LogP contribution is 2.37. The molecule has 34 heavy (non-hydrogen) atoms. The van der Waals surface area contributed by atoms with E-state index in [2.05, 4.69) is 4.90 Å². The average Bonchev–Trinajstić information content (AvgIpc) is 2.82. The molecule has 2 aliphatic heterocycles. The number of rotatable bonds is 3. The highest BCUT2D eigenvalue weighted by atomic mass is 35.5. The molecule has 6 nitrogen and oxygen atoms in total. The SMILES string of the molecule is Cl.O=c1c(-c2ccccc2)coc2c(CN3CC4CC(C3)c3cccc(=O)n3C4)c(O)ccc12. The summed E-state index contributed by atoms with van der Waals surface area (Å²) >= 11 is 0. The number of aromatic nitrogens is 1. The summed E-state index contributed by atoms with van der Waals surface area (Å²) in [6.07, 6.45) is 2.56. The van der Waals surface area contributed by atoms with E-state index in [0.717, 1.165) is 37.3 Å². The quantitative estimate of drug-likeness (QED) is 0.475. The second-order valence-corrected chi connectivity index (χ2v) is 9.18. The summed E-state index contributed by atoms with van der Waals surface area (Å²) in [5.41, 5.74) is 3.44. The maximum atomic E-state index is 13.2. The van der Waals surface area contributed by atoms with Crippen LogP contribution in [0.4, 0.5) is 0 Å². The molecule has 1 fully saturated rings. The first-order valence-corrected chi connectivity index (χ1v) is 11.3. The first-order valence-electron chi connectivity index (χ1n) is 11.3. The van der Waals surface area contributed by atoms with Gasteiger partial charge in [-0.15, -0.1) is 12.4 Å². The number of hydrogen-bond donors (Lipinski definition) is 1. The molecule has 2 aromatic carbocycles. The van der Waals surface area contributed by atoms with Crippen molar-refractivity contribution >= 4 is 23.4 Å². The van der Waals surface area contributed by atoms with E-state index in [1.54, 1.807) is 18.2 Å². The van der Waals surface area contributed by atoms with Crippen molar-refractivity contribution in [2.24, 2.45) is 5.92 Å². The van der Waals surface area contributed by atoms with Crippen LogP contribution in [-0.2, 0) is 13.1 Å². The molecular weight excluding hydrogens is 452 g/mol. The minimum Gasteiger partial charge on any atom is -0.507 e. The zero-order chi connectivity index (χ0) is 22.5. The zero-order valence-corrected chi connectivity index (χ0v) is 19.3. The summed E-state index contributed by atoms with van der Waals surface area (Å²) in [6.45, 7) is 2.83. The monoisotopic (exact) mass is 476 g/mol. The van der Waals surface area contributed by atoms with Crippen LogP contribution in [0.1, 0.15) is 23.6 Å². The number of phenols is 1. The minimum atomic E-state index is -0.104. The molecule has 0 amide bonds. The fourth-order valence-electron chi connectivity index (χ4n) is 5.57. The van der Waals surface area contributed by atoms with E-state index >= 15 is 0 Å². The number of halogens is 1. The van der Waals surface area contributed by atoms with Crippen LogP contribution in [0.2, 0.25) is 0 Å². The molecule has 2 atom stereocenters. The predicted molar refractivity (Wildman–Crippen MR) is 134 cm³/mol. The van der Waals surface area contributed by atoms with Gasteiger partial charge in [-0.25, -0.2) is 0 Å². The van der Waals surface area contributed by atoms with E-state index in [1.165, 1.54) is 6.26 Å². The number of hydrogen-bond acceptors (Lipinski definition) is 5. The maximum absolute atomic E-state index is 13.2. The van der Waals surface area contributed by atoms with Crippen molar-refractivity contribution in [1.82, 2.24) is 9.47 Å².